The molecule has 1 N–H and O–H groups in total. The van der Waals surface area contributed by atoms with Crippen LogP contribution in [0.4, 0.5) is 5.69 Å². The molecule has 1 amide bonds. The number of rotatable bonds is 5. The zero-order valence-electron chi connectivity index (χ0n) is 12.9. The van der Waals surface area contributed by atoms with Crippen LogP contribution in [0.15, 0.2) is 55.1 Å². The molecule has 24 heavy (non-hydrogen) atoms. The maximum atomic E-state index is 12.2. The molecule has 0 saturated carbocycles. The molecule has 1 unspecified atom stereocenters. The zero-order valence-corrected chi connectivity index (χ0v) is 15.3. The monoisotopic (exact) mass is 407 g/mol. The fourth-order valence-electron chi connectivity index (χ4n) is 1.95. The van der Waals surface area contributed by atoms with Gasteiger partial charge in [0.2, 0.25) is 5.91 Å². The van der Waals surface area contributed by atoms with Gasteiger partial charge in [-0.25, -0.2) is 0 Å². The lowest BCUT2D eigenvalue weighted by atomic mass is 10.3. The van der Waals surface area contributed by atoms with Crippen molar-refractivity contribution < 1.29 is 13.6 Å². The summed E-state index contributed by atoms with van der Waals surface area (Å²) >= 11 is 4.56. The predicted molar refractivity (Wildman–Crippen MR) is 94.8 cm³/mol. The number of anilines is 1. The molecule has 0 bridgehead atoms. The van der Waals surface area contributed by atoms with Gasteiger partial charge in [-0.15, -0.1) is 10.2 Å². The van der Waals surface area contributed by atoms with Gasteiger partial charge in [-0.2, -0.15) is 0 Å². The van der Waals surface area contributed by atoms with Gasteiger partial charge in [-0.05, 0) is 44.2 Å². The summed E-state index contributed by atoms with van der Waals surface area (Å²) < 4.78 is 11.8. The van der Waals surface area contributed by atoms with Crippen molar-refractivity contribution in [3.63, 3.8) is 0 Å². The normalized spacial score (nSPS) is 12.1. The number of amides is 1. The molecule has 0 saturated heterocycles. The summed E-state index contributed by atoms with van der Waals surface area (Å²) in [7, 11) is 0. The van der Waals surface area contributed by atoms with E-state index in [0.29, 0.717) is 16.9 Å². The summed E-state index contributed by atoms with van der Waals surface area (Å²) in [5.74, 6) is 0.946. The number of thioether (sulfide) groups is 1. The van der Waals surface area contributed by atoms with E-state index < -0.39 is 0 Å². The lowest BCUT2D eigenvalue weighted by molar-refractivity contribution is -0.115. The van der Waals surface area contributed by atoms with E-state index in [-0.39, 0.29) is 11.2 Å². The maximum Gasteiger partial charge on any atom is 0.277 e. The minimum absolute atomic E-state index is 0.137. The first-order chi connectivity index (χ1) is 11.5. The number of benzene rings is 1. The number of nitrogens with one attached hydrogen (secondary N) is 1. The van der Waals surface area contributed by atoms with Gasteiger partial charge in [0.25, 0.3) is 11.1 Å². The predicted octanol–water partition coefficient (Wildman–Crippen LogP) is 4.52. The van der Waals surface area contributed by atoms with Gasteiger partial charge in [-0.3, -0.25) is 4.79 Å². The highest BCUT2D eigenvalue weighted by atomic mass is 79.9. The second-order valence-electron chi connectivity index (χ2n) is 5.02. The lowest BCUT2D eigenvalue weighted by Crippen LogP contribution is -2.22. The fraction of sp³-hybridized carbons (Fsp3) is 0.188. The van der Waals surface area contributed by atoms with Gasteiger partial charge in [0.05, 0.1) is 17.1 Å². The molecule has 3 aromatic rings. The van der Waals surface area contributed by atoms with E-state index >= 15 is 0 Å². The first-order valence-corrected chi connectivity index (χ1v) is 8.81. The van der Waals surface area contributed by atoms with Crippen LogP contribution in [-0.2, 0) is 4.79 Å². The van der Waals surface area contributed by atoms with E-state index in [4.69, 9.17) is 8.83 Å². The first-order valence-electron chi connectivity index (χ1n) is 7.14. The Morgan fingerprint density at radius 2 is 2.00 bits per heavy atom. The standard InChI is InChI=1S/C16H14BrN3O3S/c1-9-13(7-8-22-9)15-19-20-16(23-15)24-10(2)14(21)18-12-5-3-11(17)4-6-12/h3-8,10H,1-2H3,(H,18,21). The van der Waals surface area contributed by atoms with Gasteiger partial charge in [0, 0.05) is 10.2 Å². The van der Waals surface area contributed by atoms with Crippen LogP contribution in [-0.4, -0.2) is 21.4 Å². The number of halogens is 1. The van der Waals surface area contributed by atoms with Crippen molar-refractivity contribution >= 4 is 39.3 Å². The molecule has 0 aliphatic carbocycles. The second-order valence-corrected chi connectivity index (χ2v) is 7.23. The fourth-order valence-corrected chi connectivity index (χ4v) is 2.90. The van der Waals surface area contributed by atoms with Crippen LogP contribution in [0, 0.1) is 6.92 Å². The van der Waals surface area contributed by atoms with Gasteiger partial charge in [-0.1, -0.05) is 27.7 Å². The number of aromatic nitrogens is 2. The van der Waals surface area contributed by atoms with Crippen molar-refractivity contribution in [2.24, 2.45) is 0 Å². The van der Waals surface area contributed by atoms with E-state index in [2.05, 4.69) is 31.4 Å². The Balaban J connectivity index is 1.63. The maximum absolute atomic E-state index is 12.2. The van der Waals surface area contributed by atoms with Crippen molar-refractivity contribution in [2.45, 2.75) is 24.3 Å². The third kappa shape index (κ3) is 3.88. The van der Waals surface area contributed by atoms with Gasteiger partial charge >= 0.3 is 0 Å². The van der Waals surface area contributed by atoms with Crippen molar-refractivity contribution in [3.05, 3.63) is 46.8 Å². The van der Waals surface area contributed by atoms with Crippen molar-refractivity contribution in [3.8, 4) is 11.5 Å². The van der Waals surface area contributed by atoms with Crippen molar-refractivity contribution in [1.29, 1.82) is 0 Å². The molecule has 0 aliphatic rings. The summed E-state index contributed by atoms with van der Waals surface area (Å²) in [4.78, 5) is 12.2. The smallest absolute Gasteiger partial charge is 0.277 e. The Morgan fingerprint density at radius 1 is 1.25 bits per heavy atom. The van der Waals surface area contributed by atoms with E-state index in [9.17, 15) is 4.79 Å². The Morgan fingerprint density at radius 3 is 2.67 bits per heavy atom. The summed E-state index contributed by atoms with van der Waals surface area (Å²) in [6, 6.07) is 9.15. The largest absolute Gasteiger partial charge is 0.469 e. The van der Waals surface area contributed by atoms with Crippen LogP contribution >= 0.6 is 27.7 Å². The number of furan rings is 1. The highest BCUT2D eigenvalue weighted by Crippen LogP contribution is 2.28. The van der Waals surface area contributed by atoms with Crippen LogP contribution in [0.25, 0.3) is 11.5 Å². The Kier molecular flexibility index (Phi) is 5.06. The van der Waals surface area contributed by atoms with E-state index in [0.717, 1.165) is 15.7 Å². The number of aryl methyl sites for hydroxylation is 1. The van der Waals surface area contributed by atoms with Gasteiger partial charge in [0.1, 0.15) is 5.76 Å². The summed E-state index contributed by atoms with van der Waals surface area (Å²) in [6.07, 6.45) is 1.57. The Hall–Kier alpha value is -2.06. The SMILES string of the molecule is Cc1occc1-c1nnc(SC(C)C(=O)Nc2ccc(Br)cc2)o1. The minimum Gasteiger partial charge on any atom is -0.469 e. The minimum atomic E-state index is -0.382. The molecular weight excluding hydrogens is 394 g/mol. The number of carbonyl (C=O) groups is 1. The summed E-state index contributed by atoms with van der Waals surface area (Å²) in [5.41, 5.74) is 1.48. The van der Waals surface area contributed by atoms with E-state index in [1.807, 2.05) is 31.2 Å². The van der Waals surface area contributed by atoms with E-state index in [1.54, 1.807) is 19.3 Å². The number of hydrogen-bond acceptors (Lipinski definition) is 6. The summed E-state index contributed by atoms with van der Waals surface area (Å²) in [6.45, 7) is 3.60. The molecule has 8 heteroatoms. The third-order valence-corrected chi connectivity index (χ3v) is 4.72. The topological polar surface area (TPSA) is 81.2 Å². The second kappa shape index (κ2) is 7.23. The Labute approximate surface area is 151 Å². The third-order valence-electron chi connectivity index (χ3n) is 3.25. The molecule has 124 valence electrons. The number of nitrogens with zero attached hydrogens (tertiary/aromatic N) is 2. The molecule has 0 radical (unpaired) electrons. The quantitative estimate of drug-likeness (QED) is 0.626. The van der Waals surface area contributed by atoms with Crippen LogP contribution in [0.1, 0.15) is 12.7 Å². The van der Waals surface area contributed by atoms with E-state index in [1.165, 1.54) is 11.8 Å². The van der Waals surface area contributed by atoms with Crippen LogP contribution in [0.3, 0.4) is 0 Å². The molecule has 1 aromatic carbocycles. The van der Waals surface area contributed by atoms with Crippen molar-refractivity contribution in [1.82, 2.24) is 10.2 Å². The zero-order chi connectivity index (χ0) is 17.1. The molecule has 6 nitrogen and oxygen atoms in total. The molecule has 0 fully saturated rings. The average Bonchev–Trinajstić information content (AvgIpc) is 3.18. The van der Waals surface area contributed by atoms with Crippen LogP contribution in [0.5, 0.6) is 0 Å². The van der Waals surface area contributed by atoms with Crippen LogP contribution in [0.2, 0.25) is 0 Å². The number of carbonyl (C=O) groups excluding carboxylic acids is 1. The molecule has 2 heterocycles. The van der Waals surface area contributed by atoms with Crippen molar-refractivity contribution in [2.75, 3.05) is 5.32 Å². The highest BCUT2D eigenvalue weighted by molar-refractivity contribution is 9.10. The first kappa shape index (κ1) is 16.8. The molecule has 2 aromatic heterocycles. The summed E-state index contributed by atoms with van der Waals surface area (Å²) in [5, 5.41) is 10.8. The van der Waals surface area contributed by atoms with Crippen LogP contribution < -0.4 is 5.32 Å². The molecule has 0 spiro atoms. The number of hydrogen-bond donors (Lipinski definition) is 1. The van der Waals surface area contributed by atoms with Gasteiger partial charge < -0.3 is 14.2 Å². The molecule has 3 rings (SSSR count). The Bertz CT molecular complexity index is 844. The molecular formula is C16H14BrN3O3S. The molecule has 1 atom stereocenters. The molecule has 0 aliphatic heterocycles. The average molecular weight is 408 g/mol. The lowest BCUT2D eigenvalue weighted by Gasteiger charge is -2.09. The van der Waals surface area contributed by atoms with Gasteiger partial charge in [0.15, 0.2) is 0 Å². The highest BCUT2D eigenvalue weighted by Gasteiger charge is 2.20.